The van der Waals surface area contributed by atoms with Crippen LogP contribution in [0.25, 0.3) is 0 Å². The summed E-state index contributed by atoms with van der Waals surface area (Å²) in [5.74, 6) is 0.397. The van der Waals surface area contributed by atoms with Gasteiger partial charge in [0, 0.05) is 50.7 Å². The van der Waals surface area contributed by atoms with E-state index < -0.39 is 0 Å². The summed E-state index contributed by atoms with van der Waals surface area (Å²) in [4.78, 5) is 23.1. The number of hydrogen-bond acceptors (Lipinski definition) is 6. The number of rotatable bonds is 4. The Morgan fingerprint density at radius 1 is 1.33 bits per heavy atom. The molecule has 0 radical (unpaired) electrons. The van der Waals surface area contributed by atoms with Crippen molar-refractivity contribution in [3.63, 3.8) is 0 Å². The number of carbonyl (C=O) groups excluding carboxylic acids is 1. The summed E-state index contributed by atoms with van der Waals surface area (Å²) in [5, 5.41) is 17.0. The van der Waals surface area contributed by atoms with Crippen molar-refractivity contribution in [2.24, 2.45) is 13.0 Å². The monoisotopic (exact) mass is 330 g/mol. The van der Waals surface area contributed by atoms with E-state index in [2.05, 4.69) is 20.4 Å². The molecule has 2 N–H and O–H groups in total. The predicted octanol–water partition coefficient (Wildman–Crippen LogP) is 0.0540. The second-order valence-corrected chi connectivity index (χ2v) is 6.15. The number of aryl methyl sites for hydroxylation is 2. The molecule has 8 nitrogen and oxygen atoms in total. The third-order valence-corrected chi connectivity index (χ3v) is 4.56. The normalized spacial score (nSPS) is 20.4. The van der Waals surface area contributed by atoms with Crippen LogP contribution in [0.5, 0.6) is 0 Å². The van der Waals surface area contributed by atoms with Crippen LogP contribution < -0.4 is 10.2 Å². The van der Waals surface area contributed by atoms with E-state index in [0.29, 0.717) is 30.3 Å². The van der Waals surface area contributed by atoms with Crippen molar-refractivity contribution in [3.05, 3.63) is 35.4 Å². The number of hydrogen-bond donors (Lipinski definition) is 2. The minimum atomic E-state index is -0.162. The zero-order chi connectivity index (χ0) is 17.3. The molecule has 8 heteroatoms. The van der Waals surface area contributed by atoms with Crippen molar-refractivity contribution in [3.8, 4) is 0 Å². The van der Waals surface area contributed by atoms with Gasteiger partial charge in [-0.3, -0.25) is 9.48 Å². The van der Waals surface area contributed by atoms with Crippen molar-refractivity contribution in [2.75, 3.05) is 24.6 Å². The topological polar surface area (TPSA) is 96.2 Å². The molecule has 0 spiro atoms. The Hall–Kier alpha value is -2.48. The standard InChI is InChI=1S/C16H22N6O2/c1-10-14(11(2)21(3)20-10)15(24)19-13-8-22(7-12(13)9-23)16-17-5-4-6-18-16/h4-6,12-13,23H,7-9H2,1-3H3,(H,19,24)/t12-,13+/m0/s1. The smallest absolute Gasteiger partial charge is 0.255 e. The number of aliphatic hydroxyl groups is 1. The van der Waals surface area contributed by atoms with Crippen LogP contribution in [0.1, 0.15) is 21.7 Å². The zero-order valence-electron chi connectivity index (χ0n) is 14.1. The van der Waals surface area contributed by atoms with Crippen LogP contribution in [0.3, 0.4) is 0 Å². The molecule has 128 valence electrons. The number of anilines is 1. The Morgan fingerprint density at radius 2 is 2.04 bits per heavy atom. The van der Waals surface area contributed by atoms with Crippen LogP contribution in [0.2, 0.25) is 0 Å². The van der Waals surface area contributed by atoms with E-state index in [4.69, 9.17) is 0 Å². The summed E-state index contributed by atoms with van der Waals surface area (Å²) in [6.45, 7) is 4.87. The molecule has 1 fully saturated rings. The average Bonchev–Trinajstić information content (AvgIpc) is 3.09. The first-order valence-electron chi connectivity index (χ1n) is 7.95. The van der Waals surface area contributed by atoms with Crippen LogP contribution in [0, 0.1) is 19.8 Å². The summed E-state index contributed by atoms with van der Waals surface area (Å²) in [7, 11) is 1.82. The van der Waals surface area contributed by atoms with Gasteiger partial charge in [0.1, 0.15) is 0 Å². The molecule has 24 heavy (non-hydrogen) atoms. The van der Waals surface area contributed by atoms with Gasteiger partial charge < -0.3 is 15.3 Å². The fourth-order valence-corrected chi connectivity index (χ4v) is 3.18. The Bertz CT molecular complexity index is 730. The lowest BCUT2D eigenvalue weighted by molar-refractivity contribution is 0.0920. The van der Waals surface area contributed by atoms with Crippen molar-refractivity contribution in [1.29, 1.82) is 0 Å². The van der Waals surface area contributed by atoms with Gasteiger partial charge in [-0.15, -0.1) is 0 Å². The molecule has 3 heterocycles. The van der Waals surface area contributed by atoms with Crippen molar-refractivity contribution in [1.82, 2.24) is 25.1 Å². The number of nitrogens with one attached hydrogen (secondary N) is 1. The lowest BCUT2D eigenvalue weighted by Gasteiger charge is -2.18. The van der Waals surface area contributed by atoms with E-state index in [9.17, 15) is 9.90 Å². The first kappa shape index (κ1) is 16.4. The summed E-state index contributed by atoms with van der Waals surface area (Å²) in [6.07, 6.45) is 3.37. The highest BCUT2D eigenvalue weighted by Crippen LogP contribution is 2.21. The zero-order valence-corrected chi connectivity index (χ0v) is 14.1. The molecule has 2 aromatic rings. The molecule has 0 unspecified atom stereocenters. The average molecular weight is 330 g/mol. The minimum Gasteiger partial charge on any atom is -0.396 e. The van der Waals surface area contributed by atoms with Gasteiger partial charge in [0.15, 0.2) is 0 Å². The molecule has 1 aliphatic rings. The maximum atomic E-state index is 12.7. The van der Waals surface area contributed by atoms with Gasteiger partial charge in [0.2, 0.25) is 5.95 Å². The second-order valence-electron chi connectivity index (χ2n) is 6.15. The third-order valence-electron chi connectivity index (χ3n) is 4.56. The Labute approximate surface area is 140 Å². The third kappa shape index (κ3) is 2.96. The molecule has 1 amide bonds. The summed E-state index contributed by atoms with van der Waals surface area (Å²) < 4.78 is 1.70. The van der Waals surface area contributed by atoms with E-state index in [1.165, 1.54) is 0 Å². The maximum Gasteiger partial charge on any atom is 0.255 e. The maximum absolute atomic E-state index is 12.7. The summed E-state index contributed by atoms with van der Waals surface area (Å²) >= 11 is 0. The molecule has 0 bridgehead atoms. The van der Waals surface area contributed by atoms with E-state index in [1.807, 2.05) is 25.8 Å². The number of carbonyl (C=O) groups is 1. The fourth-order valence-electron chi connectivity index (χ4n) is 3.18. The van der Waals surface area contributed by atoms with Crippen molar-refractivity contribution in [2.45, 2.75) is 19.9 Å². The van der Waals surface area contributed by atoms with Crippen LogP contribution in [-0.4, -0.2) is 56.5 Å². The predicted molar refractivity (Wildman–Crippen MR) is 88.8 cm³/mol. The van der Waals surface area contributed by atoms with Gasteiger partial charge >= 0.3 is 0 Å². The van der Waals surface area contributed by atoms with Crippen LogP contribution >= 0.6 is 0 Å². The quantitative estimate of drug-likeness (QED) is 0.823. The number of amides is 1. The van der Waals surface area contributed by atoms with Gasteiger partial charge in [-0.25, -0.2) is 9.97 Å². The Balaban J connectivity index is 1.75. The molecular weight excluding hydrogens is 308 g/mol. The summed E-state index contributed by atoms with van der Waals surface area (Å²) in [5.41, 5.74) is 2.13. The highest BCUT2D eigenvalue weighted by Gasteiger charge is 2.35. The first-order valence-corrected chi connectivity index (χ1v) is 7.95. The molecule has 1 saturated heterocycles. The van der Waals surface area contributed by atoms with E-state index in [-0.39, 0.29) is 24.5 Å². The molecule has 0 saturated carbocycles. The highest BCUT2D eigenvalue weighted by atomic mass is 16.3. The first-order chi connectivity index (χ1) is 11.5. The van der Waals surface area contributed by atoms with Crippen LogP contribution in [0.4, 0.5) is 5.95 Å². The fraction of sp³-hybridized carbons (Fsp3) is 0.500. The minimum absolute atomic E-state index is 0.000710. The number of aromatic nitrogens is 4. The lowest BCUT2D eigenvalue weighted by atomic mass is 10.0. The highest BCUT2D eigenvalue weighted by molar-refractivity contribution is 5.96. The van der Waals surface area contributed by atoms with Gasteiger partial charge in [-0.1, -0.05) is 0 Å². The SMILES string of the molecule is Cc1nn(C)c(C)c1C(=O)N[C@@H]1CN(c2ncccn2)C[C@H]1CO. The van der Waals surface area contributed by atoms with Crippen molar-refractivity contribution >= 4 is 11.9 Å². The number of aliphatic hydroxyl groups excluding tert-OH is 1. The van der Waals surface area contributed by atoms with Crippen LogP contribution in [0.15, 0.2) is 18.5 Å². The van der Waals surface area contributed by atoms with Crippen LogP contribution in [-0.2, 0) is 7.05 Å². The molecule has 3 rings (SSSR count). The van der Waals surface area contributed by atoms with Gasteiger partial charge in [-0.05, 0) is 19.9 Å². The Kier molecular flexibility index (Phi) is 4.48. The van der Waals surface area contributed by atoms with Gasteiger partial charge in [0.05, 0.1) is 17.3 Å². The molecule has 0 aliphatic carbocycles. The lowest BCUT2D eigenvalue weighted by Crippen LogP contribution is -2.42. The second kappa shape index (κ2) is 6.56. The van der Waals surface area contributed by atoms with Gasteiger partial charge in [-0.2, -0.15) is 5.10 Å². The molecule has 2 aromatic heterocycles. The molecule has 0 aromatic carbocycles. The van der Waals surface area contributed by atoms with Crippen molar-refractivity contribution < 1.29 is 9.90 Å². The van der Waals surface area contributed by atoms with E-state index in [0.717, 1.165) is 5.69 Å². The molecule has 1 aliphatic heterocycles. The summed E-state index contributed by atoms with van der Waals surface area (Å²) in [6, 6.07) is 1.60. The molecule has 2 atom stereocenters. The largest absolute Gasteiger partial charge is 0.396 e. The van der Waals surface area contributed by atoms with E-state index in [1.54, 1.807) is 23.1 Å². The Morgan fingerprint density at radius 3 is 2.62 bits per heavy atom. The number of nitrogens with zero attached hydrogens (tertiary/aromatic N) is 5. The van der Waals surface area contributed by atoms with E-state index >= 15 is 0 Å². The van der Waals surface area contributed by atoms with Gasteiger partial charge in [0.25, 0.3) is 5.91 Å². The molecular formula is C16H22N6O2.